The molecule has 9 nitrogen and oxygen atoms in total. The maximum Gasteiger partial charge on any atom is 0.269 e. The topological polar surface area (TPSA) is 97.4 Å². The number of nitro groups is 1. The summed E-state index contributed by atoms with van der Waals surface area (Å²) in [5.41, 5.74) is 1.01. The molecule has 0 bridgehead atoms. The van der Waals surface area contributed by atoms with Crippen molar-refractivity contribution in [1.29, 1.82) is 0 Å². The number of hydrogen-bond acceptors (Lipinski definition) is 8. The molecule has 0 saturated carbocycles. The first-order valence-electron chi connectivity index (χ1n) is 9.36. The minimum Gasteiger partial charge on any atom is -0.368 e. The van der Waals surface area contributed by atoms with Gasteiger partial charge in [-0.05, 0) is 23.6 Å². The van der Waals surface area contributed by atoms with Crippen LogP contribution in [-0.2, 0) is 11.8 Å². The van der Waals surface area contributed by atoms with E-state index in [0.29, 0.717) is 31.9 Å². The molecule has 3 aromatic rings. The summed E-state index contributed by atoms with van der Waals surface area (Å²) >= 11 is 3.00. The van der Waals surface area contributed by atoms with Gasteiger partial charge in [0.15, 0.2) is 11.0 Å². The van der Waals surface area contributed by atoms with Gasteiger partial charge in [-0.2, -0.15) is 0 Å². The Hall–Kier alpha value is -2.92. The van der Waals surface area contributed by atoms with Gasteiger partial charge in [-0.3, -0.25) is 14.9 Å². The smallest absolute Gasteiger partial charge is 0.269 e. The normalized spacial score (nSPS) is 14.2. The Morgan fingerprint density at radius 3 is 2.53 bits per heavy atom. The Morgan fingerprint density at radius 1 is 1.17 bits per heavy atom. The van der Waals surface area contributed by atoms with Gasteiger partial charge in [-0.25, -0.2) is 0 Å². The highest BCUT2D eigenvalue weighted by Crippen LogP contribution is 2.26. The second-order valence-corrected chi connectivity index (χ2v) is 8.66. The standard InChI is InChI=1S/C19H20N6O3S2/c1-22-18(16-3-2-12-29-16)20-21-19(22)30-13-17(26)24-10-8-23(9-11-24)14-4-6-15(7-5-14)25(27)28/h2-7,12H,8-11,13H2,1H3. The van der Waals surface area contributed by atoms with Crippen LogP contribution < -0.4 is 4.90 Å². The molecule has 2 aromatic heterocycles. The molecule has 0 unspecified atom stereocenters. The fourth-order valence-corrected chi connectivity index (χ4v) is 4.84. The lowest BCUT2D eigenvalue weighted by atomic mass is 10.2. The second-order valence-electron chi connectivity index (χ2n) is 6.77. The van der Waals surface area contributed by atoms with E-state index in [2.05, 4.69) is 15.1 Å². The van der Waals surface area contributed by atoms with Crippen LogP contribution in [0, 0.1) is 10.1 Å². The van der Waals surface area contributed by atoms with Crippen molar-refractivity contribution >= 4 is 40.4 Å². The number of nitro benzene ring substituents is 1. The molecule has 0 atom stereocenters. The number of benzene rings is 1. The minimum atomic E-state index is -0.404. The van der Waals surface area contributed by atoms with Crippen molar-refractivity contribution < 1.29 is 9.72 Å². The molecule has 1 amide bonds. The molecular weight excluding hydrogens is 424 g/mol. The van der Waals surface area contributed by atoms with E-state index in [-0.39, 0.29) is 11.6 Å². The van der Waals surface area contributed by atoms with E-state index < -0.39 is 4.92 Å². The third kappa shape index (κ3) is 4.31. The highest BCUT2D eigenvalue weighted by molar-refractivity contribution is 7.99. The molecule has 0 radical (unpaired) electrons. The summed E-state index contributed by atoms with van der Waals surface area (Å²) in [6.07, 6.45) is 0. The third-order valence-electron chi connectivity index (χ3n) is 4.96. The summed E-state index contributed by atoms with van der Waals surface area (Å²) < 4.78 is 1.91. The molecule has 30 heavy (non-hydrogen) atoms. The molecule has 156 valence electrons. The maximum atomic E-state index is 12.6. The van der Waals surface area contributed by atoms with E-state index in [1.807, 2.05) is 34.0 Å². The first kappa shape index (κ1) is 20.4. The summed E-state index contributed by atoms with van der Waals surface area (Å²) in [6, 6.07) is 10.5. The van der Waals surface area contributed by atoms with Crippen LogP contribution in [0.1, 0.15) is 0 Å². The van der Waals surface area contributed by atoms with Crippen LogP contribution in [-0.4, -0.2) is 62.4 Å². The van der Waals surface area contributed by atoms with Gasteiger partial charge < -0.3 is 14.4 Å². The lowest BCUT2D eigenvalue weighted by Crippen LogP contribution is -2.49. The first-order valence-corrected chi connectivity index (χ1v) is 11.2. The van der Waals surface area contributed by atoms with E-state index in [1.165, 1.54) is 23.9 Å². The monoisotopic (exact) mass is 444 g/mol. The van der Waals surface area contributed by atoms with Crippen LogP contribution in [0.3, 0.4) is 0 Å². The number of carbonyl (C=O) groups is 1. The third-order valence-corrected chi connectivity index (χ3v) is 6.83. The number of hydrogen-bond donors (Lipinski definition) is 0. The lowest BCUT2D eigenvalue weighted by molar-refractivity contribution is -0.384. The number of nitrogens with zero attached hydrogens (tertiary/aromatic N) is 6. The Balaban J connectivity index is 1.29. The number of piperazine rings is 1. The number of aromatic nitrogens is 3. The Kier molecular flexibility index (Phi) is 6.00. The summed E-state index contributed by atoms with van der Waals surface area (Å²) in [7, 11) is 1.91. The van der Waals surface area contributed by atoms with Crippen LogP contribution in [0.2, 0.25) is 0 Å². The van der Waals surface area contributed by atoms with E-state index in [0.717, 1.165) is 21.5 Å². The van der Waals surface area contributed by atoms with Gasteiger partial charge in [-0.15, -0.1) is 21.5 Å². The summed E-state index contributed by atoms with van der Waals surface area (Å²) in [5, 5.41) is 22.0. The van der Waals surface area contributed by atoms with Crippen LogP contribution in [0.15, 0.2) is 46.9 Å². The van der Waals surface area contributed by atoms with Crippen LogP contribution in [0.5, 0.6) is 0 Å². The number of thioether (sulfide) groups is 1. The van der Waals surface area contributed by atoms with Gasteiger partial charge in [-0.1, -0.05) is 17.8 Å². The average Bonchev–Trinajstić information content (AvgIpc) is 3.42. The summed E-state index contributed by atoms with van der Waals surface area (Å²) in [4.78, 5) is 28.1. The van der Waals surface area contributed by atoms with Crippen molar-refractivity contribution in [2.75, 3.05) is 36.8 Å². The highest BCUT2D eigenvalue weighted by atomic mass is 32.2. The molecule has 4 rings (SSSR count). The van der Waals surface area contributed by atoms with Gasteiger partial charge in [0, 0.05) is 51.0 Å². The lowest BCUT2D eigenvalue weighted by Gasteiger charge is -2.36. The van der Waals surface area contributed by atoms with E-state index in [4.69, 9.17) is 0 Å². The van der Waals surface area contributed by atoms with Crippen molar-refractivity contribution in [1.82, 2.24) is 19.7 Å². The number of thiophene rings is 1. The van der Waals surface area contributed by atoms with Crippen LogP contribution in [0.25, 0.3) is 10.7 Å². The zero-order valence-electron chi connectivity index (χ0n) is 16.3. The van der Waals surface area contributed by atoms with Crippen molar-refractivity contribution in [3.63, 3.8) is 0 Å². The average molecular weight is 445 g/mol. The van der Waals surface area contributed by atoms with Gasteiger partial charge >= 0.3 is 0 Å². The molecule has 11 heteroatoms. The zero-order valence-corrected chi connectivity index (χ0v) is 17.9. The van der Waals surface area contributed by atoms with Gasteiger partial charge in [0.1, 0.15) is 0 Å². The molecule has 1 aromatic carbocycles. The summed E-state index contributed by atoms with van der Waals surface area (Å²) in [5.74, 6) is 1.19. The highest BCUT2D eigenvalue weighted by Gasteiger charge is 2.22. The zero-order chi connectivity index (χ0) is 21.1. The largest absolute Gasteiger partial charge is 0.368 e. The van der Waals surface area contributed by atoms with E-state index >= 15 is 0 Å². The SMILES string of the molecule is Cn1c(SCC(=O)N2CCN(c3ccc([N+](=O)[O-])cc3)CC2)nnc1-c1cccs1. The first-order chi connectivity index (χ1) is 14.5. The molecule has 0 N–H and O–H groups in total. The van der Waals surface area contributed by atoms with Gasteiger partial charge in [0.25, 0.3) is 5.69 Å². The number of carbonyl (C=O) groups excluding carboxylic acids is 1. The molecule has 1 fully saturated rings. The Bertz CT molecular complexity index is 1030. The number of anilines is 1. The van der Waals surface area contributed by atoms with Crippen molar-refractivity contribution in [3.8, 4) is 10.7 Å². The minimum absolute atomic E-state index is 0.0732. The molecule has 3 heterocycles. The van der Waals surface area contributed by atoms with Gasteiger partial charge in [0.2, 0.25) is 5.91 Å². The quantitative estimate of drug-likeness (QED) is 0.328. The molecule has 1 aliphatic rings. The maximum absolute atomic E-state index is 12.6. The second kappa shape index (κ2) is 8.84. The predicted octanol–water partition coefficient (Wildman–Crippen LogP) is 2.89. The van der Waals surface area contributed by atoms with E-state index in [9.17, 15) is 14.9 Å². The van der Waals surface area contributed by atoms with Crippen LogP contribution in [0.4, 0.5) is 11.4 Å². The van der Waals surface area contributed by atoms with Crippen molar-refractivity contribution in [3.05, 3.63) is 51.9 Å². The number of amides is 1. The van der Waals surface area contributed by atoms with Crippen LogP contribution >= 0.6 is 23.1 Å². The molecule has 1 aliphatic heterocycles. The Morgan fingerprint density at radius 2 is 1.90 bits per heavy atom. The fourth-order valence-electron chi connectivity index (χ4n) is 3.28. The Labute approximate surface area is 181 Å². The number of non-ortho nitro benzene ring substituents is 1. The molecule has 0 spiro atoms. The van der Waals surface area contributed by atoms with Crippen molar-refractivity contribution in [2.45, 2.75) is 5.16 Å². The fraction of sp³-hybridized carbons (Fsp3) is 0.316. The number of rotatable bonds is 6. The summed E-state index contributed by atoms with van der Waals surface area (Å²) in [6.45, 7) is 2.63. The van der Waals surface area contributed by atoms with Gasteiger partial charge in [0.05, 0.1) is 15.6 Å². The van der Waals surface area contributed by atoms with Crippen molar-refractivity contribution in [2.24, 2.45) is 7.05 Å². The molecular formula is C19H20N6O3S2. The molecule has 0 aliphatic carbocycles. The van der Waals surface area contributed by atoms with E-state index in [1.54, 1.807) is 23.5 Å². The predicted molar refractivity (Wildman–Crippen MR) is 117 cm³/mol. The molecule has 1 saturated heterocycles.